The molecule has 2 saturated carbocycles. The van der Waals surface area contributed by atoms with Crippen LogP contribution < -0.4 is 0 Å². The van der Waals surface area contributed by atoms with Gasteiger partial charge in [-0.1, -0.05) is 30.2 Å². The molecule has 2 aliphatic carbocycles. The smallest absolute Gasteiger partial charge is 0.226 e. The number of carbonyl (C=O) groups excluding carboxylic acids is 1. The van der Waals surface area contributed by atoms with E-state index in [1.165, 1.54) is 19.3 Å². The van der Waals surface area contributed by atoms with Crippen LogP contribution in [0.5, 0.6) is 0 Å². The quantitative estimate of drug-likeness (QED) is 0.747. The van der Waals surface area contributed by atoms with Crippen LogP contribution in [0.25, 0.3) is 0 Å². The largest absolute Gasteiger partial charge is 0.335 e. The molecule has 4 rings (SSSR count). The molecule has 0 aliphatic heterocycles. The fourth-order valence-corrected chi connectivity index (χ4v) is 3.61. The lowest BCUT2D eigenvalue weighted by Gasteiger charge is -2.31. The molecule has 1 amide bonds. The zero-order chi connectivity index (χ0) is 17.2. The maximum Gasteiger partial charge on any atom is 0.226 e. The van der Waals surface area contributed by atoms with E-state index < -0.39 is 0 Å². The van der Waals surface area contributed by atoms with Crippen LogP contribution >= 0.6 is 11.6 Å². The number of nitrogens with zero attached hydrogens (tertiary/aromatic N) is 3. The predicted octanol–water partition coefficient (Wildman–Crippen LogP) is 4.12. The summed E-state index contributed by atoms with van der Waals surface area (Å²) in [6.45, 7) is 2.23. The number of hydrogen-bond donors (Lipinski definition) is 0. The van der Waals surface area contributed by atoms with Crippen molar-refractivity contribution < 1.29 is 4.79 Å². The Morgan fingerprint density at radius 2 is 2.12 bits per heavy atom. The minimum atomic E-state index is 0.245. The third-order valence-electron chi connectivity index (χ3n) is 5.32. The summed E-state index contributed by atoms with van der Waals surface area (Å²) in [4.78, 5) is 19.4. The molecule has 0 saturated heterocycles. The van der Waals surface area contributed by atoms with Crippen molar-refractivity contribution in [2.24, 2.45) is 11.8 Å². The number of hydrogen-bond acceptors (Lipinski definition) is 2. The first-order valence-corrected chi connectivity index (χ1v) is 9.60. The van der Waals surface area contributed by atoms with Gasteiger partial charge in [0.05, 0.1) is 6.54 Å². The lowest BCUT2D eigenvalue weighted by molar-refractivity contribution is -0.139. The summed E-state index contributed by atoms with van der Waals surface area (Å²) in [5, 5.41) is 0.745. The monoisotopic (exact) mass is 357 g/mol. The number of imidazole rings is 1. The van der Waals surface area contributed by atoms with Crippen molar-refractivity contribution >= 4 is 17.5 Å². The molecule has 1 aromatic heterocycles. The molecule has 2 aliphatic rings. The molecule has 0 atom stereocenters. The second-order valence-corrected chi connectivity index (χ2v) is 7.83. The molecule has 0 N–H and O–H groups in total. The molecule has 4 nitrogen and oxygen atoms in total. The zero-order valence-electron chi connectivity index (χ0n) is 14.4. The molecule has 25 heavy (non-hydrogen) atoms. The van der Waals surface area contributed by atoms with E-state index in [0.717, 1.165) is 42.3 Å². The Kier molecular flexibility index (Phi) is 4.80. The SMILES string of the molecule is O=C(C1CCC1)N(Cc1nccn1Cc1cccc(Cl)c1)CC1CC1. The van der Waals surface area contributed by atoms with E-state index in [2.05, 4.69) is 20.5 Å². The highest BCUT2D eigenvalue weighted by molar-refractivity contribution is 6.30. The van der Waals surface area contributed by atoms with Gasteiger partial charge in [0, 0.05) is 36.4 Å². The minimum Gasteiger partial charge on any atom is -0.335 e. The fourth-order valence-electron chi connectivity index (χ4n) is 3.40. The van der Waals surface area contributed by atoms with Crippen LogP contribution in [0.4, 0.5) is 0 Å². The van der Waals surface area contributed by atoms with Gasteiger partial charge in [-0.3, -0.25) is 4.79 Å². The van der Waals surface area contributed by atoms with E-state index in [4.69, 9.17) is 11.6 Å². The average molecular weight is 358 g/mol. The second kappa shape index (κ2) is 7.20. The van der Waals surface area contributed by atoms with Gasteiger partial charge in [0.2, 0.25) is 5.91 Å². The van der Waals surface area contributed by atoms with Gasteiger partial charge in [0.25, 0.3) is 0 Å². The van der Waals surface area contributed by atoms with Gasteiger partial charge in [0.1, 0.15) is 5.82 Å². The predicted molar refractivity (Wildman–Crippen MR) is 98.3 cm³/mol. The van der Waals surface area contributed by atoms with E-state index in [-0.39, 0.29) is 5.92 Å². The number of carbonyl (C=O) groups is 1. The van der Waals surface area contributed by atoms with E-state index >= 15 is 0 Å². The van der Waals surface area contributed by atoms with Crippen molar-refractivity contribution in [3.63, 3.8) is 0 Å². The molecule has 1 aromatic carbocycles. The van der Waals surface area contributed by atoms with Crippen molar-refractivity contribution in [3.8, 4) is 0 Å². The number of rotatable bonds is 7. The van der Waals surface area contributed by atoms with Gasteiger partial charge in [-0.25, -0.2) is 4.98 Å². The van der Waals surface area contributed by atoms with Crippen LogP contribution in [0, 0.1) is 11.8 Å². The highest BCUT2D eigenvalue weighted by Gasteiger charge is 2.33. The van der Waals surface area contributed by atoms with Crippen LogP contribution in [0.3, 0.4) is 0 Å². The molecule has 1 heterocycles. The first kappa shape index (κ1) is 16.6. The van der Waals surface area contributed by atoms with Crippen LogP contribution in [-0.2, 0) is 17.9 Å². The van der Waals surface area contributed by atoms with Crippen LogP contribution in [0.2, 0.25) is 5.02 Å². The summed E-state index contributed by atoms with van der Waals surface area (Å²) in [5.74, 6) is 2.22. The molecular weight excluding hydrogens is 334 g/mol. The van der Waals surface area contributed by atoms with Crippen molar-refractivity contribution in [1.29, 1.82) is 0 Å². The normalized spacial score (nSPS) is 17.3. The Hall–Kier alpha value is -1.81. The van der Waals surface area contributed by atoms with Crippen LogP contribution in [-0.4, -0.2) is 26.9 Å². The molecule has 2 fully saturated rings. The topological polar surface area (TPSA) is 38.1 Å². The lowest BCUT2D eigenvalue weighted by atomic mass is 9.84. The van der Waals surface area contributed by atoms with Gasteiger partial charge < -0.3 is 9.47 Å². The van der Waals surface area contributed by atoms with Crippen molar-refractivity contribution in [1.82, 2.24) is 14.5 Å². The van der Waals surface area contributed by atoms with Crippen molar-refractivity contribution in [2.75, 3.05) is 6.54 Å². The highest BCUT2D eigenvalue weighted by Crippen LogP contribution is 2.33. The lowest BCUT2D eigenvalue weighted by Crippen LogP contribution is -2.40. The molecule has 5 heteroatoms. The molecular formula is C20H24ClN3O. The fraction of sp³-hybridized carbons (Fsp3) is 0.500. The summed E-state index contributed by atoms with van der Waals surface area (Å²) in [7, 11) is 0. The summed E-state index contributed by atoms with van der Waals surface area (Å²) in [6, 6.07) is 7.90. The summed E-state index contributed by atoms with van der Waals surface area (Å²) < 4.78 is 2.12. The molecule has 2 aromatic rings. The number of amides is 1. The first-order valence-electron chi connectivity index (χ1n) is 9.22. The Labute approximate surface area is 153 Å². The Morgan fingerprint density at radius 3 is 2.80 bits per heavy atom. The molecule has 0 radical (unpaired) electrons. The number of halogens is 1. The van der Waals surface area contributed by atoms with Crippen molar-refractivity contribution in [3.05, 3.63) is 53.1 Å². The van der Waals surface area contributed by atoms with Crippen LogP contribution in [0.15, 0.2) is 36.7 Å². The van der Waals surface area contributed by atoms with E-state index in [9.17, 15) is 4.79 Å². The number of benzene rings is 1. The second-order valence-electron chi connectivity index (χ2n) is 7.39. The maximum atomic E-state index is 12.8. The summed E-state index contributed by atoms with van der Waals surface area (Å²) in [5.41, 5.74) is 1.14. The Bertz CT molecular complexity index is 749. The minimum absolute atomic E-state index is 0.245. The first-order chi connectivity index (χ1) is 12.2. The zero-order valence-corrected chi connectivity index (χ0v) is 15.2. The van der Waals surface area contributed by atoms with Gasteiger partial charge in [-0.05, 0) is 49.3 Å². The van der Waals surface area contributed by atoms with E-state index in [0.29, 0.717) is 18.4 Å². The third kappa shape index (κ3) is 4.06. The van der Waals surface area contributed by atoms with Gasteiger partial charge >= 0.3 is 0 Å². The van der Waals surface area contributed by atoms with E-state index in [1.807, 2.05) is 30.6 Å². The maximum absolute atomic E-state index is 12.8. The van der Waals surface area contributed by atoms with Gasteiger partial charge in [-0.15, -0.1) is 0 Å². The van der Waals surface area contributed by atoms with E-state index in [1.54, 1.807) is 0 Å². The van der Waals surface area contributed by atoms with Gasteiger partial charge in [-0.2, -0.15) is 0 Å². The number of aromatic nitrogens is 2. The molecule has 132 valence electrons. The highest BCUT2D eigenvalue weighted by atomic mass is 35.5. The Balaban J connectivity index is 1.48. The van der Waals surface area contributed by atoms with Crippen molar-refractivity contribution in [2.45, 2.75) is 45.2 Å². The standard InChI is InChI=1S/C20H24ClN3O/c21-18-6-1-3-16(11-18)13-23-10-9-22-19(23)14-24(12-15-7-8-15)20(25)17-4-2-5-17/h1,3,6,9-11,15,17H,2,4-5,7-8,12-14H2. The van der Waals surface area contributed by atoms with Gasteiger partial charge in [0.15, 0.2) is 0 Å². The summed E-state index contributed by atoms with van der Waals surface area (Å²) in [6.07, 6.45) is 9.62. The summed E-state index contributed by atoms with van der Waals surface area (Å²) >= 11 is 6.09. The third-order valence-corrected chi connectivity index (χ3v) is 5.55. The average Bonchev–Trinajstić information content (AvgIpc) is 3.25. The molecule has 0 bridgehead atoms. The van der Waals surface area contributed by atoms with Crippen LogP contribution in [0.1, 0.15) is 43.5 Å². The molecule has 0 spiro atoms. The molecule has 0 unspecified atom stereocenters. The Morgan fingerprint density at radius 1 is 1.28 bits per heavy atom.